The summed E-state index contributed by atoms with van der Waals surface area (Å²) in [5.74, 6) is 0. The summed E-state index contributed by atoms with van der Waals surface area (Å²) in [6.45, 7) is 7.12. The lowest BCUT2D eigenvalue weighted by atomic mass is 10.1. The predicted octanol–water partition coefficient (Wildman–Crippen LogP) is 4.76. The first kappa shape index (κ1) is 28.8. The Kier molecular flexibility index (Phi) is 25.6. The van der Waals surface area contributed by atoms with Crippen molar-refractivity contribution < 1.29 is 28.5 Å². The van der Waals surface area contributed by atoms with Gasteiger partial charge in [0.05, 0.1) is 52.9 Å². The van der Waals surface area contributed by atoms with Crippen molar-refractivity contribution in [2.24, 2.45) is 0 Å². The molecule has 0 heterocycles. The van der Waals surface area contributed by atoms with Crippen molar-refractivity contribution in [2.75, 3.05) is 66.1 Å². The van der Waals surface area contributed by atoms with Crippen LogP contribution in [0.1, 0.15) is 71.1 Å². The van der Waals surface area contributed by atoms with Gasteiger partial charge >= 0.3 is 0 Å². The number of unbranched alkanes of at least 4 members (excludes halogenated alkanes) is 9. The number of carbonyl (C=O) groups excluding carboxylic acids is 1. The van der Waals surface area contributed by atoms with Crippen molar-refractivity contribution in [3.05, 3.63) is 0 Å². The molecule has 0 atom stereocenters. The van der Waals surface area contributed by atoms with Crippen LogP contribution in [-0.4, -0.2) is 71.3 Å². The predicted molar refractivity (Wildman–Crippen MR) is 117 cm³/mol. The van der Waals surface area contributed by atoms with E-state index in [1.807, 2.05) is 0 Å². The molecule has 7 heteroatoms. The quantitative estimate of drug-likeness (QED) is 0.151. The Morgan fingerprint density at radius 3 is 1.28 bits per heavy atom. The molecule has 0 aliphatic rings. The Morgan fingerprint density at radius 2 is 0.862 bits per heavy atom. The topological polar surface area (TPSA) is 63.2 Å². The fraction of sp³-hybridized carbons (Fsp3) is 0.955. The van der Waals surface area contributed by atoms with Crippen LogP contribution in [0.4, 0.5) is 0 Å². The van der Waals surface area contributed by atoms with Gasteiger partial charge in [0.2, 0.25) is 5.24 Å². The van der Waals surface area contributed by atoms with Crippen molar-refractivity contribution in [1.82, 2.24) is 0 Å². The van der Waals surface area contributed by atoms with Gasteiger partial charge in [0.1, 0.15) is 6.61 Å². The summed E-state index contributed by atoms with van der Waals surface area (Å²) in [6.07, 6.45) is 13.4. The normalized spacial score (nSPS) is 11.2. The average Bonchev–Trinajstić information content (AvgIpc) is 2.71. The van der Waals surface area contributed by atoms with E-state index >= 15 is 0 Å². The molecule has 174 valence electrons. The van der Waals surface area contributed by atoms with Gasteiger partial charge in [-0.3, -0.25) is 4.79 Å². The lowest BCUT2D eigenvalue weighted by Gasteiger charge is -2.07. The van der Waals surface area contributed by atoms with E-state index in [0.29, 0.717) is 52.9 Å². The van der Waals surface area contributed by atoms with Crippen LogP contribution in [0.15, 0.2) is 0 Å². The molecule has 0 aromatic carbocycles. The maximum Gasteiger partial charge on any atom is 0.247 e. The number of hydrogen-bond donors (Lipinski definition) is 0. The summed E-state index contributed by atoms with van der Waals surface area (Å²) in [5.41, 5.74) is 0. The summed E-state index contributed by atoms with van der Waals surface area (Å²) < 4.78 is 26.7. The second-order valence-electron chi connectivity index (χ2n) is 7.04. The number of carbonyl (C=O) groups is 1. The molecule has 0 rings (SSSR count). The molecule has 0 amide bonds. The standard InChI is InChI=1S/C22H43ClO6/c1-2-3-4-5-6-7-8-9-10-11-12-25-13-14-26-15-16-27-17-18-28-19-20-29-21-22(23)24/h2-21H2,1H3. The number of halogens is 1. The Bertz CT molecular complexity index is 330. The van der Waals surface area contributed by atoms with Gasteiger partial charge in [-0.05, 0) is 18.0 Å². The molecule has 0 fully saturated rings. The summed E-state index contributed by atoms with van der Waals surface area (Å²) in [5, 5.41) is -0.502. The number of ether oxygens (including phenoxy) is 5. The SMILES string of the molecule is CCCCCCCCCCCCOCCOCCOCCOCCOCC(=O)Cl. The highest BCUT2D eigenvalue weighted by Gasteiger charge is 1.96. The second-order valence-corrected chi connectivity index (χ2v) is 7.46. The zero-order valence-electron chi connectivity index (χ0n) is 18.5. The molecular formula is C22H43ClO6. The largest absolute Gasteiger partial charge is 0.379 e. The highest BCUT2D eigenvalue weighted by molar-refractivity contribution is 6.63. The van der Waals surface area contributed by atoms with E-state index in [9.17, 15) is 4.79 Å². The minimum Gasteiger partial charge on any atom is -0.379 e. The Morgan fingerprint density at radius 1 is 0.517 bits per heavy atom. The zero-order chi connectivity index (χ0) is 21.3. The minimum absolute atomic E-state index is 0.0816. The summed E-state index contributed by atoms with van der Waals surface area (Å²) in [6, 6.07) is 0. The minimum atomic E-state index is -0.502. The first-order chi connectivity index (χ1) is 14.3. The lowest BCUT2D eigenvalue weighted by molar-refractivity contribution is -0.116. The van der Waals surface area contributed by atoms with E-state index in [0.717, 1.165) is 13.0 Å². The lowest BCUT2D eigenvalue weighted by Crippen LogP contribution is -2.14. The van der Waals surface area contributed by atoms with Gasteiger partial charge in [-0.1, -0.05) is 64.7 Å². The third-order valence-corrected chi connectivity index (χ3v) is 4.45. The molecular weight excluding hydrogens is 396 g/mol. The van der Waals surface area contributed by atoms with Crippen molar-refractivity contribution in [3.63, 3.8) is 0 Å². The smallest absolute Gasteiger partial charge is 0.247 e. The first-order valence-electron chi connectivity index (χ1n) is 11.3. The van der Waals surface area contributed by atoms with E-state index in [-0.39, 0.29) is 6.61 Å². The molecule has 0 saturated heterocycles. The van der Waals surface area contributed by atoms with E-state index in [1.54, 1.807) is 0 Å². The van der Waals surface area contributed by atoms with Gasteiger partial charge in [-0.2, -0.15) is 0 Å². The molecule has 0 spiro atoms. The second kappa shape index (κ2) is 25.8. The van der Waals surface area contributed by atoms with Crippen molar-refractivity contribution in [3.8, 4) is 0 Å². The van der Waals surface area contributed by atoms with E-state index in [4.69, 9.17) is 35.3 Å². The monoisotopic (exact) mass is 438 g/mol. The van der Waals surface area contributed by atoms with Crippen LogP contribution in [0.5, 0.6) is 0 Å². The van der Waals surface area contributed by atoms with Gasteiger partial charge in [-0.25, -0.2) is 0 Å². The van der Waals surface area contributed by atoms with Crippen LogP contribution in [0.2, 0.25) is 0 Å². The summed E-state index contributed by atoms with van der Waals surface area (Å²) >= 11 is 5.13. The molecule has 6 nitrogen and oxygen atoms in total. The fourth-order valence-corrected chi connectivity index (χ4v) is 2.80. The average molecular weight is 439 g/mol. The van der Waals surface area contributed by atoms with Crippen LogP contribution in [0.25, 0.3) is 0 Å². The Balaban J connectivity index is 2.99. The highest BCUT2D eigenvalue weighted by Crippen LogP contribution is 2.10. The number of hydrogen-bond acceptors (Lipinski definition) is 6. The third kappa shape index (κ3) is 27.8. The van der Waals surface area contributed by atoms with E-state index in [2.05, 4.69) is 6.92 Å². The Labute approximate surface area is 182 Å². The molecule has 0 aliphatic heterocycles. The molecule has 0 aromatic rings. The van der Waals surface area contributed by atoms with E-state index < -0.39 is 5.24 Å². The molecule has 0 bridgehead atoms. The van der Waals surface area contributed by atoms with Gasteiger partial charge in [0.15, 0.2) is 0 Å². The van der Waals surface area contributed by atoms with Crippen molar-refractivity contribution in [1.29, 1.82) is 0 Å². The van der Waals surface area contributed by atoms with Crippen LogP contribution in [0.3, 0.4) is 0 Å². The molecule has 0 N–H and O–H groups in total. The summed E-state index contributed by atoms with van der Waals surface area (Å²) in [7, 11) is 0. The Hall–Kier alpha value is -0.240. The third-order valence-electron chi connectivity index (χ3n) is 4.35. The van der Waals surface area contributed by atoms with Crippen LogP contribution < -0.4 is 0 Å². The molecule has 0 saturated carbocycles. The van der Waals surface area contributed by atoms with Gasteiger partial charge in [0.25, 0.3) is 0 Å². The van der Waals surface area contributed by atoms with Gasteiger partial charge < -0.3 is 23.7 Å². The molecule has 0 radical (unpaired) electrons. The highest BCUT2D eigenvalue weighted by atomic mass is 35.5. The maximum atomic E-state index is 10.4. The van der Waals surface area contributed by atoms with Crippen LogP contribution in [0, 0.1) is 0 Å². The fourth-order valence-electron chi connectivity index (χ4n) is 2.72. The molecule has 0 aromatic heterocycles. The van der Waals surface area contributed by atoms with Crippen molar-refractivity contribution in [2.45, 2.75) is 71.1 Å². The van der Waals surface area contributed by atoms with E-state index in [1.165, 1.54) is 57.8 Å². The zero-order valence-corrected chi connectivity index (χ0v) is 19.2. The van der Waals surface area contributed by atoms with Crippen LogP contribution in [-0.2, 0) is 28.5 Å². The maximum absolute atomic E-state index is 10.4. The summed E-state index contributed by atoms with van der Waals surface area (Å²) in [4.78, 5) is 10.4. The molecule has 0 aliphatic carbocycles. The molecule has 0 unspecified atom stereocenters. The van der Waals surface area contributed by atoms with Gasteiger partial charge in [-0.15, -0.1) is 0 Å². The van der Waals surface area contributed by atoms with Crippen molar-refractivity contribution >= 4 is 16.8 Å². The number of rotatable bonds is 25. The van der Waals surface area contributed by atoms with Gasteiger partial charge in [0, 0.05) is 6.61 Å². The van der Waals surface area contributed by atoms with Crippen LogP contribution >= 0.6 is 11.6 Å². The molecule has 29 heavy (non-hydrogen) atoms. The first-order valence-corrected chi connectivity index (χ1v) is 11.7.